The molecule has 4 aromatic heterocycles. The molecule has 0 amide bonds. The monoisotopic (exact) mass is 650 g/mol. The average Bonchev–Trinajstić information content (AvgIpc) is 3.82. The normalized spacial score (nSPS) is 12.4. The second-order valence-corrected chi connectivity index (χ2v) is 12.9. The molecule has 0 atom stereocenters. The molecule has 10 rings (SSSR count). The van der Waals surface area contributed by atoms with Crippen LogP contribution in [-0.4, -0.2) is 18.9 Å². The summed E-state index contributed by atoms with van der Waals surface area (Å²) < 4.78 is 4.70. The Balaban J connectivity index is 1.30. The third-order valence-corrected chi connectivity index (χ3v) is 10.1. The van der Waals surface area contributed by atoms with E-state index in [9.17, 15) is 0 Å². The number of aromatic nitrogens is 4. The first-order valence-corrected chi connectivity index (χ1v) is 17.2. The SMILES string of the molecule is C#C/C=C(\C=C/C)c1ccc(-c2cc(-c3ccccc3)nc(-n3c4ccccc4c4c5c6ccccc6n6c7ccccc7c(cc43)c56)n2)cc1. The van der Waals surface area contributed by atoms with Gasteiger partial charge in [-0.2, -0.15) is 0 Å². The van der Waals surface area contributed by atoms with Crippen molar-refractivity contribution in [3.05, 3.63) is 163 Å². The Hall–Kier alpha value is -6.96. The first-order chi connectivity index (χ1) is 25.2. The van der Waals surface area contributed by atoms with E-state index in [1.54, 1.807) is 6.08 Å². The average molecular weight is 651 g/mol. The van der Waals surface area contributed by atoms with Crippen molar-refractivity contribution >= 4 is 65.5 Å². The lowest BCUT2D eigenvalue weighted by molar-refractivity contribution is 0.996. The minimum Gasteiger partial charge on any atom is -0.308 e. The van der Waals surface area contributed by atoms with E-state index in [0.717, 1.165) is 44.7 Å². The molecule has 4 nitrogen and oxygen atoms in total. The van der Waals surface area contributed by atoms with Gasteiger partial charge in [0.25, 0.3) is 0 Å². The standard InChI is InChI=1S/C47H30N4/c1-3-14-30(15-4-2)31-24-26-33(27-25-31)39-29-38(32-16-6-5-7-17-32)48-47(49-39)51-42-23-13-9-19-35(42)44-43(51)28-37-34-18-8-11-21-40(34)50-41-22-12-10-20-36(41)45(44)46(37)50/h1,4-29H,2H3/b15-4-,30-14+. The lowest BCUT2D eigenvalue weighted by Gasteiger charge is -2.12. The van der Waals surface area contributed by atoms with Gasteiger partial charge in [-0.15, -0.1) is 6.42 Å². The topological polar surface area (TPSA) is 35.1 Å². The molecule has 51 heavy (non-hydrogen) atoms. The fourth-order valence-corrected chi connectivity index (χ4v) is 7.95. The molecule has 0 spiro atoms. The molecule has 4 heteroatoms. The van der Waals surface area contributed by atoms with E-state index in [2.05, 4.69) is 148 Å². The zero-order chi connectivity index (χ0) is 34.1. The second kappa shape index (κ2) is 11.3. The lowest BCUT2D eigenvalue weighted by atomic mass is 10.0. The van der Waals surface area contributed by atoms with Crippen LogP contribution in [0.25, 0.3) is 93.9 Å². The molecule has 0 radical (unpaired) electrons. The van der Waals surface area contributed by atoms with Crippen molar-refractivity contribution in [3.8, 4) is 40.8 Å². The third-order valence-electron chi connectivity index (χ3n) is 10.1. The highest BCUT2D eigenvalue weighted by Gasteiger charge is 2.25. The third kappa shape index (κ3) is 4.29. The van der Waals surface area contributed by atoms with E-state index < -0.39 is 0 Å². The summed E-state index contributed by atoms with van der Waals surface area (Å²) in [4.78, 5) is 10.7. The van der Waals surface area contributed by atoms with Crippen LogP contribution in [0.5, 0.6) is 0 Å². The Kier molecular flexibility index (Phi) is 6.43. The van der Waals surface area contributed by atoms with Gasteiger partial charge in [0.1, 0.15) is 0 Å². The van der Waals surface area contributed by atoms with E-state index in [0.29, 0.717) is 5.95 Å². The second-order valence-electron chi connectivity index (χ2n) is 12.9. The maximum Gasteiger partial charge on any atom is 0.235 e. The van der Waals surface area contributed by atoms with Gasteiger partial charge in [0, 0.05) is 43.4 Å². The molecule has 238 valence electrons. The number of terminal acetylenes is 1. The van der Waals surface area contributed by atoms with Crippen molar-refractivity contribution in [2.24, 2.45) is 0 Å². The van der Waals surface area contributed by atoms with Crippen molar-refractivity contribution < 1.29 is 0 Å². The van der Waals surface area contributed by atoms with Crippen molar-refractivity contribution in [1.82, 2.24) is 18.9 Å². The first-order valence-electron chi connectivity index (χ1n) is 17.2. The highest BCUT2D eigenvalue weighted by molar-refractivity contribution is 6.35. The molecule has 0 aliphatic carbocycles. The summed E-state index contributed by atoms with van der Waals surface area (Å²) in [6.07, 6.45) is 11.5. The van der Waals surface area contributed by atoms with Gasteiger partial charge in [0.15, 0.2) is 0 Å². The number of benzene rings is 6. The van der Waals surface area contributed by atoms with Crippen molar-refractivity contribution in [2.45, 2.75) is 6.92 Å². The smallest absolute Gasteiger partial charge is 0.235 e. The number of hydrogen-bond acceptors (Lipinski definition) is 2. The fraction of sp³-hybridized carbons (Fsp3) is 0.0213. The number of nitrogens with zero attached hydrogens (tertiary/aromatic N) is 4. The van der Waals surface area contributed by atoms with Gasteiger partial charge in [-0.25, -0.2) is 9.97 Å². The summed E-state index contributed by atoms with van der Waals surface area (Å²) in [7, 11) is 0. The zero-order valence-corrected chi connectivity index (χ0v) is 27.9. The van der Waals surface area contributed by atoms with E-state index in [-0.39, 0.29) is 0 Å². The Labute approximate surface area is 294 Å². The van der Waals surface area contributed by atoms with Crippen LogP contribution in [-0.2, 0) is 0 Å². The molecular formula is C47H30N4. The number of hydrogen-bond donors (Lipinski definition) is 0. The van der Waals surface area contributed by atoms with Crippen LogP contribution in [0.4, 0.5) is 0 Å². The summed E-state index contributed by atoms with van der Waals surface area (Å²) in [5.41, 5.74) is 11.6. The van der Waals surface area contributed by atoms with Crippen LogP contribution in [0, 0.1) is 12.3 Å². The highest BCUT2D eigenvalue weighted by Crippen LogP contribution is 2.46. The maximum atomic E-state index is 5.65. The van der Waals surface area contributed by atoms with Crippen LogP contribution in [0.3, 0.4) is 0 Å². The van der Waals surface area contributed by atoms with Crippen LogP contribution in [0.2, 0.25) is 0 Å². The molecule has 4 heterocycles. The van der Waals surface area contributed by atoms with Gasteiger partial charge in [-0.05, 0) is 54.5 Å². The molecule has 0 N–H and O–H groups in total. The summed E-state index contributed by atoms with van der Waals surface area (Å²) in [6.45, 7) is 2.00. The summed E-state index contributed by atoms with van der Waals surface area (Å²) in [6, 6.07) is 49.4. The summed E-state index contributed by atoms with van der Waals surface area (Å²) in [5, 5.41) is 7.35. The van der Waals surface area contributed by atoms with E-state index in [1.807, 2.05) is 25.1 Å². The molecule has 0 saturated carbocycles. The quantitative estimate of drug-likeness (QED) is 0.137. The summed E-state index contributed by atoms with van der Waals surface area (Å²) in [5.74, 6) is 3.30. The van der Waals surface area contributed by atoms with Gasteiger partial charge in [-0.3, -0.25) is 4.57 Å². The largest absolute Gasteiger partial charge is 0.308 e. The minimum atomic E-state index is 0.630. The van der Waals surface area contributed by atoms with Gasteiger partial charge < -0.3 is 4.40 Å². The van der Waals surface area contributed by atoms with Crippen molar-refractivity contribution in [1.29, 1.82) is 0 Å². The summed E-state index contributed by atoms with van der Waals surface area (Å²) >= 11 is 0. The predicted molar refractivity (Wildman–Crippen MR) is 214 cm³/mol. The van der Waals surface area contributed by atoms with Crippen LogP contribution >= 0.6 is 0 Å². The van der Waals surface area contributed by atoms with Crippen molar-refractivity contribution in [2.75, 3.05) is 0 Å². The lowest BCUT2D eigenvalue weighted by Crippen LogP contribution is -2.04. The minimum absolute atomic E-state index is 0.630. The van der Waals surface area contributed by atoms with Gasteiger partial charge in [-0.1, -0.05) is 127 Å². The van der Waals surface area contributed by atoms with Gasteiger partial charge >= 0.3 is 0 Å². The Morgan fingerprint density at radius 2 is 1.18 bits per heavy atom. The van der Waals surface area contributed by atoms with Crippen LogP contribution < -0.4 is 0 Å². The molecular weight excluding hydrogens is 621 g/mol. The first kappa shape index (κ1) is 29.0. The van der Waals surface area contributed by atoms with Gasteiger partial charge in [0.05, 0.1) is 39.0 Å². The molecule has 0 saturated heterocycles. The van der Waals surface area contributed by atoms with Crippen LogP contribution in [0.15, 0.2) is 158 Å². The molecule has 0 bridgehead atoms. The molecule has 0 aliphatic rings. The zero-order valence-electron chi connectivity index (χ0n) is 27.9. The maximum absolute atomic E-state index is 5.65. The highest BCUT2D eigenvalue weighted by atomic mass is 15.2. The Morgan fingerprint density at radius 3 is 1.86 bits per heavy atom. The molecule has 0 aliphatic heterocycles. The van der Waals surface area contributed by atoms with Crippen molar-refractivity contribution in [3.63, 3.8) is 0 Å². The molecule has 10 aromatic rings. The number of allylic oxidation sites excluding steroid dienone is 4. The number of rotatable bonds is 5. The Bertz CT molecular complexity index is 3080. The Morgan fingerprint density at radius 1 is 0.588 bits per heavy atom. The molecule has 0 unspecified atom stereocenters. The van der Waals surface area contributed by atoms with Gasteiger partial charge in [0.2, 0.25) is 5.95 Å². The molecule has 6 aromatic carbocycles. The molecule has 0 fully saturated rings. The van der Waals surface area contributed by atoms with E-state index in [1.165, 1.54) is 48.9 Å². The van der Waals surface area contributed by atoms with E-state index in [4.69, 9.17) is 16.4 Å². The van der Waals surface area contributed by atoms with Crippen LogP contribution in [0.1, 0.15) is 12.5 Å². The number of fused-ring (bicyclic) bond motifs is 10. The fourth-order valence-electron chi connectivity index (χ4n) is 7.95. The van der Waals surface area contributed by atoms with E-state index >= 15 is 0 Å². The number of para-hydroxylation sites is 3. The predicted octanol–water partition coefficient (Wildman–Crippen LogP) is 11.7.